The number of nitrogens with one attached hydrogen (secondary N) is 1. The molecular weight excluding hydrogens is 515 g/mol. The van der Waals surface area contributed by atoms with E-state index < -0.39 is 20.2 Å². The van der Waals surface area contributed by atoms with Gasteiger partial charge in [0.2, 0.25) is 5.91 Å². The van der Waals surface area contributed by atoms with Crippen LogP contribution in [0, 0.1) is 11.8 Å². The Labute approximate surface area is 223 Å². The van der Waals surface area contributed by atoms with Crippen LogP contribution in [0.2, 0.25) is 0 Å². The van der Waals surface area contributed by atoms with Gasteiger partial charge in [-0.05, 0) is 94.1 Å². The molecule has 1 amide bonds. The van der Waals surface area contributed by atoms with Gasteiger partial charge >= 0.3 is 5.51 Å². The van der Waals surface area contributed by atoms with E-state index in [0.29, 0.717) is 18.2 Å². The Morgan fingerprint density at radius 3 is 2.61 bits per heavy atom. The van der Waals surface area contributed by atoms with E-state index in [9.17, 15) is 26.4 Å². The summed E-state index contributed by atoms with van der Waals surface area (Å²) in [6, 6.07) is 5.65. The van der Waals surface area contributed by atoms with Gasteiger partial charge in [-0.1, -0.05) is 30.2 Å². The van der Waals surface area contributed by atoms with Crippen LogP contribution in [-0.2, 0) is 21.1 Å². The summed E-state index contributed by atoms with van der Waals surface area (Å²) >= 11 is 0. The highest BCUT2D eigenvalue weighted by atomic mass is 32.2. The van der Waals surface area contributed by atoms with Crippen molar-refractivity contribution in [2.75, 3.05) is 32.7 Å². The Hall–Kier alpha value is -1.91. The number of hydrogen-bond acceptors (Lipinski definition) is 5. The topological polar surface area (TPSA) is 69.7 Å². The number of sulfone groups is 1. The first-order valence-corrected chi connectivity index (χ1v) is 15.5. The summed E-state index contributed by atoms with van der Waals surface area (Å²) in [7, 11) is -5.38. The monoisotopic (exact) mass is 553 g/mol. The standard InChI is InChI=1S/C28H38F3N3O3S/c29-28(30,31)38(36,37)24-10-8-20(9-11-24)16-26(35)32-12-2-4-13-33-15-5-6-21-17-22-18-23(27(21)33)19-34-14-3-1-7-25(22)34/h8-11,17,22-23,25,27H,1-7,12-16,18-19H2,(H,32,35)/t22-,23+,25-,27-/m1/s1. The fourth-order valence-electron chi connectivity index (χ4n) is 7.17. The lowest BCUT2D eigenvalue weighted by molar-refractivity contribution is -0.120. The van der Waals surface area contributed by atoms with Crippen molar-refractivity contribution in [2.24, 2.45) is 11.8 Å². The van der Waals surface area contributed by atoms with Gasteiger partial charge in [-0.3, -0.25) is 14.6 Å². The van der Waals surface area contributed by atoms with E-state index in [2.05, 4.69) is 21.2 Å². The summed E-state index contributed by atoms with van der Waals surface area (Å²) in [4.78, 5) is 16.9. The predicted molar refractivity (Wildman–Crippen MR) is 139 cm³/mol. The number of amides is 1. The molecule has 0 saturated carbocycles. The average molecular weight is 554 g/mol. The normalized spacial score (nSPS) is 28.2. The van der Waals surface area contributed by atoms with Gasteiger partial charge in [0.25, 0.3) is 9.84 Å². The van der Waals surface area contributed by atoms with Crippen molar-refractivity contribution in [3.63, 3.8) is 0 Å². The second-order valence-electron chi connectivity index (χ2n) is 11.4. The van der Waals surface area contributed by atoms with E-state index in [0.717, 1.165) is 55.9 Å². The van der Waals surface area contributed by atoms with Crippen molar-refractivity contribution in [1.82, 2.24) is 15.1 Å². The summed E-state index contributed by atoms with van der Waals surface area (Å²) < 4.78 is 61.0. The number of hydrogen-bond donors (Lipinski definition) is 1. The molecule has 0 unspecified atom stereocenters. The Morgan fingerprint density at radius 2 is 1.84 bits per heavy atom. The molecule has 38 heavy (non-hydrogen) atoms. The molecule has 10 heteroatoms. The van der Waals surface area contributed by atoms with Crippen molar-refractivity contribution in [2.45, 2.75) is 80.3 Å². The predicted octanol–water partition coefficient (Wildman–Crippen LogP) is 4.31. The quantitative estimate of drug-likeness (QED) is 0.384. The highest BCUT2D eigenvalue weighted by Gasteiger charge is 2.47. The lowest BCUT2D eigenvalue weighted by atomic mass is 9.68. The van der Waals surface area contributed by atoms with Crippen LogP contribution in [-0.4, -0.2) is 74.4 Å². The van der Waals surface area contributed by atoms with Crippen LogP contribution in [0.4, 0.5) is 13.2 Å². The van der Waals surface area contributed by atoms with Gasteiger partial charge in [-0.2, -0.15) is 13.2 Å². The summed E-state index contributed by atoms with van der Waals surface area (Å²) in [5.41, 5.74) is -3.20. The third-order valence-electron chi connectivity index (χ3n) is 8.86. The number of halogens is 3. The molecule has 3 saturated heterocycles. The van der Waals surface area contributed by atoms with E-state index in [1.807, 2.05) is 0 Å². The second-order valence-corrected chi connectivity index (χ2v) is 13.3. The van der Waals surface area contributed by atoms with Gasteiger partial charge in [-0.25, -0.2) is 8.42 Å². The van der Waals surface area contributed by atoms with Gasteiger partial charge in [0.1, 0.15) is 0 Å². The summed E-state index contributed by atoms with van der Waals surface area (Å²) in [5, 5.41) is 2.89. The summed E-state index contributed by atoms with van der Waals surface area (Å²) in [6.45, 7) is 5.20. The van der Waals surface area contributed by atoms with Crippen molar-refractivity contribution in [3.8, 4) is 0 Å². The Morgan fingerprint density at radius 1 is 1.05 bits per heavy atom. The summed E-state index contributed by atoms with van der Waals surface area (Å²) in [6.07, 6.45) is 12.3. The lowest BCUT2D eigenvalue weighted by Crippen LogP contribution is -2.59. The molecule has 1 aromatic rings. The first kappa shape index (κ1) is 27.6. The van der Waals surface area contributed by atoms with Crippen LogP contribution in [0.3, 0.4) is 0 Å². The molecule has 4 aliphatic rings. The molecule has 1 N–H and O–H groups in total. The van der Waals surface area contributed by atoms with Crippen LogP contribution in [0.1, 0.15) is 56.9 Å². The van der Waals surface area contributed by atoms with Crippen molar-refractivity contribution >= 4 is 15.7 Å². The molecule has 3 aliphatic heterocycles. The molecular formula is C28H38F3N3O3S. The third kappa shape index (κ3) is 5.82. The largest absolute Gasteiger partial charge is 0.501 e. The van der Waals surface area contributed by atoms with Gasteiger partial charge in [0.15, 0.2) is 0 Å². The van der Waals surface area contributed by atoms with Crippen LogP contribution in [0.25, 0.3) is 0 Å². The molecule has 0 aromatic heterocycles. The maximum atomic E-state index is 12.7. The average Bonchev–Trinajstić information content (AvgIpc) is 2.88. The van der Waals surface area contributed by atoms with Crippen LogP contribution in [0.15, 0.2) is 40.8 Å². The minimum absolute atomic E-state index is 0.00492. The van der Waals surface area contributed by atoms with Crippen LogP contribution < -0.4 is 5.32 Å². The minimum atomic E-state index is -5.38. The highest BCUT2D eigenvalue weighted by molar-refractivity contribution is 7.92. The number of carbonyl (C=O) groups is 1. The maximum Gasteiger partial charge on any atom is 0.501 e. The number of carbonyl (C=O) groups excluding carboxylic acids is 1. The van der Waals surface area contributed by atoms with Gasteiger partial charge in [-0.15, -0.1) is 0 Å². The highest BCUT2D eigenvalue weighted by Crippen LogP contribution is 2.45. The van der Waals surface area contributed by atoms with E-state index in [4.69, 9.17) is 0 Å². The Kier molecular flexibility index (Phi) is 8.22. The lowest BCUT2D eigenvalue weighted by Gasteiger charge is -2.55. The molecule has 4 atom stereocenters. The van der Waals surface area contributed by atoms with Crippen LogP contribution in [0.5, 0.6) is 0 Å². The number of likely N-dealkylation sites (tertiary alicyclic amines) is 1. The zero-order chi connectivity index (χ0) is 26.9. The fourth-order valence-corrected chi connectivity index (χ4v) is 7.93. The van der Waals surface area contributed by atoms with Crippen LogP contribution >= 0.6 is 0 Å². The molecule has 0 radical (unpaired) electrons. The Balaban J connectivity index is 1.06. The minimum Gasteiger partial charge on any atom is -0.356 e. The molecule has 3 fully saturated rings. The van der Waals surface area contributed by atoms with Gasteiger partial charge in [0, 0.05) is 25.2 Å². The number of fused-ring (bicyclic) bond motifs is 6. The smallest absolute Gasteiger partial charge is 0.356 e. The number of rotatable bonds is 8. The molecule has 0 spiro atoms. The van der Waals surface area contributed by atoms with Crippen molar-refractivity contribution in [1.29, 1.82) is 0 Å². The molecule has 3 heterocycles. The number of nitrogens with zero attached hydrogens (tertiary/aromatic N) is 2. The second kappa shape index (κ2) is 11.3. The van der Waals surface area contributed by atoms with Gasteiger partial charge < -0.3 is 5.32 Å². The first-order chi connectivity index (χ1) is 18.1. The molecule has 6 nitrogen and oxygen atoms in total. The van der Waals surface area contributed by atoms with E-state index in [1.54, 1.807) is 5.57 Å². The SMILES string of the molecule is O=C(Cc1ccc(S(=O)(=O)C(F)(F)F)cc1)NCCCCN1CCCC2=C[C@@H]3C[C@@H](CN4CCCC[C@H]34)[C@@H]21. The van der Waals surface area contributed by atoms with E-state index >= 15 is 0 Å². The number of benzene rings is 1. The Bertz CT molecular complexity index is 1140. The van der Waals surface area contributed by atoms with Crippen molar-refractivity contribution < 1.29 is 26.4 Å². The third-order valence-corrected chi connectivity index (χ3v) is 10.4. The molecule has 1 aliphatic carbocycles. The zero-order valence-corrected chi connectivity index (χ0v) is 22.6. The van der Waals surface area contributed by atoms with E-state index in [-0.39, 0.29) is 12.3 Å². The zero-order valence-electron chi connectivity index (χ0n) is 21.8. The number of piperidine rings is 3. The molecule has 210 valence electrons. The molecule has 5 rings (SSSR count). The molecule has 2 bridgehead atoms. The summed E-state index contributed by atoms with van der Waals surface area (Å²) in [5.74, 6) is 1.24. The van der Waals surface area contributed by atoms with E-state index in [1.165, 1.54) is 63.7 Å². The number of alkyl halides is 3. The first-order valence-electron chi connectivity index (χ1n) is 14.0. The fraction of sp³-hybridized carbons (Fsp3) is 0.679. The van der Waals surface area contributed by atoms with Crippen molar-refractivity contribution in [3.05, 3.63) is 41.5 Å². The molecule has 1 aromatic carbocycles. The van der Waals surface area contributed by atoms with Gasteiger partial charge in [0.05, 0.1) is 11.3 Å². The number of unbranched alkanes of at least 4 members (excludes halogenated alkanes) is 1. The maximum absolute atomic E-state index is 12.7.